The molecule has 0 bridgehead atoms. The standard InChI is InChI=1S/C20H21N3O2S/c1-13-7-8-18(25-3)16(10-13)14(2)22-19(24)11-15-12-26-20(23-15)17-6-4-5-9-21-17/h4-10,12,14H,11H2,1-3H3,(H,22,24). The van der Waals surface area contributed by atoms with Gasteiger partial charge in [-0.15, -0.1) is 11.3 Å². The van der Waals surface area contributed by atoms with Gasteiger partial charge in [0.05, 0.1) is 31.0 Å². The van der Waals surface area contributed by atoms with E-state index in [0.29, 0.717) is 0 Å². The fourth-order valence-corrected chi connectivity index (χ4v) is 3.52. The maximum atomic E-state index is 12.4. The SMILES string of the molecule is COc1ccc(C)cc1C(C)NC(=O)Cc1csc(-c2ccccn2)n1. The smallest absolute Gasteiger partial charge is 0.226 e. The molecule has 0 aliphatic heterocycles. The average molecular weight is 367 g/mol. The first-order valence-electron chi connectivity index (χ1n) is 8.36. The zero-order valence-electron chi connectivity index (χ0n) is 15.0. The number of aryl methyl sites for hydroxylation is 1. The lowest BCUT2D eigenvalue weighted by molar-refractivity contribution is -0.121. The van der Waals surface area contributed by atoms with Gasteiger partial charge in [0.15, 0.2) is 0 Å². The molecular formula is C20H21N3O2S. The van der Waals surface area contributed by atoms with Gasteiger partial charge >= 0.3 is 0 Å². The molecule has 26 heavy (non-hydrogen) atoms. The van der Waals surface area contributed by atoms with Crippen LogP contribution >= 0.6 is 11.3 Å². The van der Waals surface area contributed by atoms with Crippen molar-refractivity contribution in [3.8, 4) is 16.5 Å². The number of ether oxygens (including phenoxy) is 1. The highest BCUT2D eigenvalue weighted by molar-refractivity contribution is 7.13. The van der Waals surface area contributed by atoms with Crippen LogP contribution in [0.2, 0.25) is 0 Å². The second-order valence-electron chi connectivity index (χ2n) is 6.07. The summed E-state index contributed by atoms with van der Waals surface area (Å²) in [5.41, 5.74) is 3.66. The number of aromatic nitrogens is 2. The van der Waals surface area contributed by atoms with Crippen LogP contribution in [0.25, 0.3) is 10.7 Å². The Balaban J connectivity index is 1.66. The minimum absolute atomic E-state index is 0.0704. The number of nitrogens with one attached hydrogen (secondary N) is 1. The molecule has 1 amide bonds. The van der Waals surface area contributed by atoms with Crippen molar-refractivity contribution in [3.05, 3.63) is 64.8 Å². The summed E-state index contributed by atoms with van der Waals surface area (Å²) in [6.45, 7) is 3.97. The number of amides is 1. The highest BCUT2D eigenvalue weighted by Gasteiger charge is 2.16. The Morgan fingerprint density at radius 3 is 2.88 bits per heavy atom. The molecule has 0 aliphatic rings. The van der Waals surface area contributed by atoms with E-state index >= 15 is 0 Å². The summed E-state index contributed by atoms with van der Waals surface area (Å²) in [5.74, 6) is 0.702. The number of hydrogen-bond donors (Lipinski definition) is 1. The van der Waals surface area contributed by atoms with E-state index in [-0.39, 0.29) is 18.4 Å². The first-order valence-corrected chi connectivity index (χ1v) is 9.24. The molecule has 134 valence electrons. The topological polar surface area (TPSA) is 64.1 Å². The Labute approximate surface area is 157 Å². The summed E-state index contributed by atoms with van der Waals surface area (Å²) in [5, 5.41) is 5.75. The molecular weight excluding hydrogens is 346 g/mol. The Morgan fingerprint density at radius 1 is 1.31 bits per heavy atom. The van der Waals surface area contributed by atoms with Crippen molar-refractivity contribution < 1.29 is 9.53 Å². The van der Waals surface area contributed by atoms with Crippen molar-refractivity contribution in [3.63, 3.8) is 0 Å². The van der Waals surface area contributed by atoms with Crippen LogP contribution in [0.3, 0.4) is 0 Å². The van der Waals surface area contributed by atoms with Crippen LogP contribution in [0.1, 0.15) is 29.8 Å². The van der Waals surface area contributed by atoms with Crippen molar-refractivity contribution in [1.29, 1.82) is 0 Å². The molecule has 0 aliphatic carbocycles. The van der Waals surface area contributed by atoms with Crippen molar-refractivity contribution in [2.45, 2.75) is 26.3 Å². The van der Waals surface area contributed by atoms with Crippen molar-refractivity contribution in [2.24, 2.45) is 0 Å². The number of carbonyl (C=O) groups is 1. The monoisotopic (exact) mass is 367 g/mol. The normalized spacial score (nSPS) is 11.8. The highest BCUT2D eigenvalue weighted by Crippen LogP contribution is 2.26. The number of carbonyl (C=O) groups excluding carboxylic acids is 1. The van der Waals surface area contributed by atoms with Crippen molar-refractivity contribution in [2.75, 3.05) is 7.11 Å². The predicted molar refractivity (Wildman–Crippen MR) is 103 cm³/mol. The molecule has 0 radical (unpaired) electrons. The van der Waals surface area contributed by atoms with Gasteiger partial charge in [0.1, 0.15) is 10.8 Å². The largest absolute Gasteiger partial charge is 0.496 e. The fraction of sp³-hybridized carbons (Fsp3) is 0.250. The number of nitrogens with zero attached hydrogens (tertiary/aromatic N) is 2. The van der Waals surface area contributed by atoms with E-state index in [0.717, 1.165) is 33.3 Å². The second-order valence-corrected chi connectivity index (χ2v) is 6.93. The molecule has 0 fully saturated rings. The summed E-state index contributed by atoms with van der Waals surface area (Å²) in [4.78, 5) is 21.2. The van der Waals surface area contributed by atoms with Crippen LogP contribution < -0.4 is 10.1 Å². The molecule has 3 aromatic rings. The molecule has 0 saturated carbocycles. The first-order chi connectivity index (χ1) is 12.6. The molecule has 0 spiro atoms. The number of pyridine rings is 1. The van der Waals surface area contributed by atoms with Gasteiger partial charge in [-0.3, -0.25) is 9.78 Å². The second kappa shape index (κ2) is 8.10. The summed E-state index contributed by atoms with van der Waals surface area (Å²) in [6.07, 6.45) is 1.97. The van der Waals surface area contributed by atoms with Gasteiger partial charge < -0.3 is 10.1 Å². The predicted octanol–water partition coefficient (Wildman–Crippen LogP) is 3.94. The third-order valence-electron chi connectivity index (χ3n) is 4.01. The fourth-order valence-electron chi connectivity index (χ4n) is 2.72. The maximum absolute atomic E-state index is 12.4. The molecule has 2 aromatic heterocycles. The molecule has 6 heteroatoms. The van der Waals surface area contributed by atoms with E-state index in [9.17, 15) is 4.79 Å². The third-order valence-corrected chi connectivity index (χ3v) is 4.92. The maximum Gasteiger partial charge on any atom is 0.226 e. The molecule has 1 unspecified atom stereocenters. The number of methoxy groups -OCH3 is 1. The quantitative estimate of drug-likeness (QED) is 0.717. The van der Waals surface area contributed by atoms with Crippen LogP contribution in [0.15, 0.2) is 48.0 Å². The Bertz CT molecular complexity index is 893. The summed E-state index contributed by atoms with van der Waals surface area (Å²) >= 11 is 1.49. The van der Waals surface area contributed by atoms with Crippen molar-refractivity contribution in [1.82, 2.24) is 15.3 Å². The lowest BCUT2D eigenvalue weighted by Crippen LogP contribution is -2.28. The van der Waals surface area contributed by atoms with Gasteiger partial charge in [-0.1, -0.05) is 23.8 Å². The number of benzene rings is 1. The first kappa shape index (κ1) is 18.1. The summed E-state index contributed by atoms with van der Waals surface area (Å²) in [6, 6.07) is 11.5. The van der Waals surface area contributed by atoms with Gasteiger partial charge in [0, 0.05) is 17.1 Å². The van der Waals surface area contributed by atoms with Crippen LogP contribution in [-0.4, -0.2) is 23.0 Å². The van der Waals surface area contributed by atoms with Gasteiger partial charge in [-0.05, 0) is 32.0 Å². The molecule has 5 nitrogen and oxygen atoms in total. The molecule has 2 heterocycles. The van der Waals surface area contributed by atoms with Gasteiger partial charge in [-0.2, -0.15) is 0 Å². The Morgan fingerprint density at radius 2 is 2.15 bits per heavy atom. The number of rotatable bonds is 6. The molecule has 1 atom stereocenters. The lowest BCUT2D eigenvalue weighted by Gasteiger charge is -2.17. The number of thiazole rings is 1. The van der Waals surface area contributed by atoms with Gasteiger partial charge in [0.2, 0.25) is 5.91 Å². The zero-order valence-corrected chi connectivity index (χ0v) is 15.8. The summed E-state index contributed by atoms with van der Waals surface area (Å²) < 4.78 is 5.40. The minimum atomic E-state index is -0.147. The highest BCUT2D eigenvalue weighted by atomic mass is 32.1. The Hall–Kier alpha value is -2.73. The molecule has 1 aromatic carbocycles. The van der Waals surface area contributed by atoms with E-state index < -0.39 is 0 Å². The lowest BCUT2D eigenvalue weighted by atomic mass is 10.0. The van der Waals surface area contributed by atoms with E-state index in [1.54, 1.807) is 13.3 Å². The Kier molecular flexibility index (Phi) is 5.63. The molecule has 1 N–H and O–H groups in total. The van der Waals surface area contributed by atoms with Gasteiger partial charge in [0.25, 0.3) is 0 Å². The zero-order chi connectivity index (χ0) is 18.5. The third kappa shape index (κ3) is 4.26. The minimum Gasteiger partial charge on any atom is -0.496 e. The molecule has 3 rings (SSSR count). The van der Waals surface area contributed by atoms with Crippen LogP contribution in [0, 0.1) is 6.92 Å². The van der Waals surface area contributed by atoms with Crippen LogP contribution in [0.4, 0.5) is 0 Å². The van der Waals surface area contributed by atoms with E-state index in [1.165, 1.54) is 11.3 Å². The van der Waals surface area contributed by atoms with Crippen LogP contribution in [0.5, 0.6) is 5.75 Å². The molecule has 0 saturated heterocycles. The van der Waals surface area contributed by atoms with Crippen LogP contribution in [-0.2, 0) is 11.2 Å². The number of hydrogen-bond acceptors (Lipinski definition) is 5. The van der Waals surface area contributed by atoms with Gasteiger partial charge in [-0.25, -0.2) is 4.98 Å². The van der Waals surface area contributed by atoms with Crippen molar-refractivity contribution >= 4 is 17.2 Å². The van der Waals surface area contributed by atoms with E-state index in [4.69, 9.17) is 4.74 Å². The van der Waals surface area contributed by atoms with E-state index in [2.05, 4.69) is 15.3 Å². The summed E-state index contributed by atoms with van der Waals surface area (Å²) in [7, 11) is 1.64. The van der Waals surface area contributed by atoms with E-state index in [1.807, 2.05) is 55.6 Å². The average Bonchev–Trinajstić information content (AvgIpc) is 3.10.